The van der Waals surface area contributed by atoms with Crippen LogP contribution in [0, 0.1) is 11.3 Å². The van der Waals surface area contributed by atoms with Crippen molar-refractivity contribution in [1.29, 1.82) is 5.26 Å². The standard InChI is InChI=1S/C26H20Cl3N5O/c27-19-5-8-21(9-6-19)32-26(25(35)18-3-1-17(14-30)2-4-18)33-24(15-34-12-11-31-16-34)22-10-7-20(28)13-23(22)29/h1-13,16,24-25,35H,15H2,(H,32,33). The van der Waals surface area contributed by atoms with Gasteiger partial charge in [0.05, 0.1) is 30.5 Å². The molecule has 0 amide bonds. The van der Waals surface area contributed by atoms with Crippen LogP contribution in [0.4, 0.5) is 5.69 Å². The van der Waals surface area contributed by atoms with Crippen molar-refractivity contribution in [2.75, 3.05) is 5.32 Å². The minimum Gasteiger partial charge on any atom is -0.380 e. The molecule has 2 unspecified atom stereocenters. The topological polar surface area (TPSA) is 86.2 Å². The van der Waals surface area contributed by atoms with Crippen LogP contribution in [0.2, 0.25) is 15.1 Å². The predicted molar refractivity (Wildman–Crippen MR) is 140 cm³/mol. The van der Waals surface area contributed by atoms with E-state index in [4.69, 9.17) is 45.1 Å². The SMILES string of the molecule is N#Cc1ccc(C(O)C(=NC(Cn2ccnc2)c2ccc(Cl)cc2Cl)Nc2ccc(Cl)cc2)cc1. The van der Waals surface area contributed by atoms with Crippen molar-refractivity contribution in [2.24, 2.45) is 4.99 Å². The van der Waals surface area contributed by atoms with Gasteiger partial charge in [0.1, 0.15) is 11.9 Å². The Morgan fingerprint density at radius 1 is 1.03 bits per heavy atom. The number of aliphatic imine (C=N–C) groups is 1. The summed E-state index contributed by atoms with van der Waals surface area (Å²) in [6.45, 7) is 0.424. The Balaban J connectivity index is 1.78. The molecule has 6 nitrogen and oxygen atoms in total. The maximum atomic E-state index is 11.3. The zero-order valence-electron chi connectivity index (χ0n) is 18.3. The van der Waals surface area contributed by atoms with E-state index in [9.17, 15) is 5.11 Å². The Morgan fingerprint density at radius 2 is 1.74 bits per heavy atom. The second-order valence-electron chi connectivity index (χ2n) is 7.72. The second-order valence-corrected chi connectivity index (χ2v) is 9.00. The van der Waals surface area contributed by atoms with E-state index in [1.807, 2.05) is 16.8 Å². The number of hydrogen-bond acceptors (Lipinski definition) is 4. The first-order valence-electron chi connectivity index (χ1n) is 10.6. The van der Waals surface area contributed by atoms with Gasteiger partial charge in [0, 0.05) is 33.1 Å². The van der Waals surface area contributed by atoms with Gasteiger partial charge in [-0.2, -0.15) is 5.26 Å². The molecule has 0 bridgehead atoms. The van der Waals surface area contributed by atoms with Crippen LogP contribution in [0.25, 0.3) is 0 Å². The first kappa shape index (κ1) is 24.8. The number of anilines is 1. The first-order valence-corrected chi connectivity index (χ1v) is 11.8. The fourth-order valence-corrected chi connectivity index (χ4v) is 4.15. The Labute approximate surface area is 218 Å². The summed E-state index contributed by atoms with van der Waals surface area (Å²) in [6.07, 6.45) is 4.10. The molecule has 1 aromatic heterocycles. The van der Waals surface area contributed by atoms with Gasteiger partial charge in [-0.25, -0.2) is 4.98 Å². The zero-order valence-corrected chi connectivity index (χ0v) is 20.6. The van der Waals surface area contributed by atoms with Gasteiger partial charge in [0.2, 0.25) is 0 Å². The van der Waals surface area contributed by atoms with Crippen LogP contribution in [-0.4, -0.2) is 20.5 Å². The Morgan fingerprint density at radius 3 is 2.37 bits per heavy atom. The number of aliphatic hydroxyl groups is 1. The number of imidazole rings is 1. The summed E-state index contributed by atoms with van der Waals surface area (Å²) < 4.78 is 1.88. The van der Waals surface area contributed by atoms with E-state index in [1.54, 1.807) is 73.2 Å². The minimum absolute atomic E-state index is 0.299. The molecule has 0 aliphatic heterocycles. The maximum Gasteiger partial charge on any atom is 0.136 e. The molecule has 0 radical (unpaired) electrons. The van der Waals surface area contributed by atoms with Gasteiger partial charge < -0.3 is 15.0 Å². The minimum atomic E-state index is -1.10. The van der Waals surface area contributed by atoms with Crippen LogP contribution in [0.3, 0.4) is 0 Å². The van der Waals surface area contributed by atoms with Crippen molar-refractivity contribution in [3.8, 4) is 6.07 Å². The third-order valence-electron chi connectivity index (χ3n) is 5.29. The lowest BCUT2D eigenvalue weighted by Gasteiger charge is -2.22. The number of nitrogens with zero attached hydrogens (tertiary/aromatic N) is 4. The van der Waals surface area contributed by atoms with Crippen molar-refractivity contribution in [3.63, 3.8) is 0 Å². The highest BCUT2D eigenvalue weighted by atomic mass is 35.5. The molecule has 9 heteroatoms. The number of nitrogens with one attached hydrogen (secondary N) is 1. The summed E-state index contributed by atoms with van der Waals surface area (Å²) >= 11 is 18.7. The lowest BCUT2D eigenvalue weighted by atomic mass is 10.0. The van der Waals surface area contributed by atoms with Gasteiger partial charge >= 0.3 is 0 Å². The fourth-order valence-electron chi connectivity index (χ4n) is 3.49. The highest BCUT2D eigenvalue weighted by Crippen LogP contribution is 2.31. The molecule has 0 spiro atoms. The van der Waals surface area contributed by atoms with Gasteiger partial charge in [-0.1, -0.05) is 53.0 Å². The van der Waals surface area contributed by atoms with Crippen molar-refractivity contribution < 1.29 is 5.11 Å². The van der Waals surface area contributed by atoms with Gasteiger partial charge in [-0.3, -0.25) is 4.99 Å². The van der Waals surface area contributed by atoms with Crippen molar-refractivity contribution >= 4 is 46.3 Å². The number of aromatic nitrogens is 2. The van der Waals surface area contributed by atoms with Crippen LogP contribution >= 0.6 is 34.8 Å². The predicted octanol–water partition coefficient (Wildman–Crippen LogP) is 6.70. The van der Waals surface area contributed by atoms with Gasteiger partial charge in [-0.05, 0) is 59.7 Å². The molecular weight excluding hydrogens is 505 g/mol. The lowest BCUT2D eigenvalue weighted by molar-refractivity contribution is 0.246. The number of nitriles is 1. The number of benzene rings is 3. The second kappa shape index (κ2) is 11.4. The van der Waals surface area contributed by atoms with E-state index >= 15 is 0 Å². The molecule has 4 rings (SSSR count). The highest BCUT2D eigenvalue weighted by molar-refractivity contribution is 6.35. The summed E-state index contributed by atoms with van der Waals surface area (Å²) in [5.41, 5.74) is 2.51. The molecular formula is C26H20Cl3N5O. The summed E-state index contributed by atoms with van der Waals surface area (Å²) in [5.74, 6) is 0.299. The number of halogens is 3. The van der Waals surface area contributed by atoms with Crippen molar-refractivity contribution in [2.45, 2.75) is 18.7 Å². The Bertz CT molecular complexity index is 1350. The number of hydrogen-bond donors (Lipinski definition) is 2. The highest BCUT2D eigenvalue weighted by Gasteiger charge is 2.21. The zero-order chi connectivity index (χ0) is 24.8. The normalized spacial score (nSPS) is 13.2. The quantitative estimate of drug-likeness (QED) is 0.208. The summed E-state index contributed by atoms with van der Waals surface area (Å²) in [6, 6.07) is 20.6. The molecule has 0 saturated heterocycles. The fraction of sp³-hybridized carbons (Fsp3) is 0.115. The van der Waals surface area contributed by atoms with Crippen LogP contribution in [0.5, 0.6) is 0 Å². The smallest absolute Gasteiger partial charge is 0.136 e. The molecule has 1 heterocycles. The van der Waals surface area contributed by atoms with E-state index in [1.165, 1.54) is 0 Å². The molecule has 0 aliphatic carbocycles. The average Bonchev–Trinajstić information content (AvgIpc) is 3.37. The van der Waals surface area contributed by atoms with Crippen LogP contribution in [-0.2, 0) is 6.54 Å². The third kappa shape index (κ3) is 6.41. The van der Waals surface area contributed by atoms with Crippen molar-refractivity contribution in [1.82, 2.24) is 9.55 Å². The van der Waals surface area contributed by atoms with E-state index in [0.717, 1.165) is 5.56 Å². The average molecular weight is 525 g/mol. The summed E-state index contributed by atoms with van der Waals surface area (Å²) in [7, 11) is 0. The van der Waals surface area contributed by atoms with E-state index < -0.39 is 12.1 Å². The number of rotatable bonds is 7. The summed E-state index contributed by atoms with van der Waals surface area (Å²) in [4.78, 5) is 9.05. The molecule has 4 aromatic rings. The molecule has 2 N–H and O–H groups in total. The van der Waals surface area contributed by atoms with Crippen LogP contribution < -0.4 is 5.32 Å². The molecule has 3 aromatic carbocycles. The largest absolute Gasteiger partial charge is 0.380 e. The molecule has 35 heavy (non-hydrogen) atoms. The van der Waals surface area contributed by atoms with Crippen LogP contribution in [0.1, 0.15) is 28.8 Å². The lowest BCUT2D eigenvalue weighted by Crippen LogP contribution is -2.23. The van der Waals surface area contributed by atoms with E-state index in [-0.39, 0.29) is 0 Å². The molecule has 2 atom stereocenters. The maximum absolute atomic E-state index is 11.3. The Kier molecular flexibility index (Phi) is 8.06. The summed E-state index contributed by atoms with van der Waals surface area (Å²) in [5, 5.41) is 25.2. The third-order valence-corrected chi connectivity index (χ3v) is 6.10. The monoisotopic (exact) mass is 523 g/mol. The van der Waals surface area contributed by atoms with E-state index in [2.05, 4.69) is 16.4 Å². The molecule has 0 aliphatic rings. The Hall–Kier alpha value is -3.34. The molecule has 0 fully saturated rings. The van der Waals surface area contributed by atoms with Crippen LogP contribution in [0.15, 0.2) is 90.4 Å². The van der Waals surface area contributed by atoms with Gasteiger partial charge in [0.25, 0.3) is 0 Å². The molecule has 0 saturated carbocycles. The van der Waals surface area contributed by atoms with Gasteiger partial charge in [-0.15, -0.1) is 0 Å². The van der Waals surface area contributed by atoms with Crippen molar-refractivity contribution in [3.05, 3.63) is 117 Å². The first-order chi connectivity index (χ1) is 16.9. The van der Waals surface area contributed by atoms with Gasteiger partial charge in [0.15, 0.2) is 0 Å². The molecule has 176 valence electrons. The number of amidine groups is 1. The number of aliphatic hydroxyl groups excluding tert-OH is 1. The van der Waals surface area contributed by atoms with E-state index in [0.29, 0.717) is 44.3 Å².